The topological polar surface area (TPSA) is 39.3 Å². The van der Waals surface area contributed by atoms with Crippen molar-refractivity contribution in [2.24, 2.45) is 0 Å². The zero-order valence-electron chi connectivity index (χ0n) is 20.7. The second kappa shape index (κ2) is 9.64. The number of fused-ring (bicyclic) bond motifs is 3. The van der Waals surface area contributed by atoms with E-state index in [9.17, 15) is 4.21 Å². The maximum Gasteiger partial charge on any atom is 0.133 e. The minimum absolute atomic E-state index is 0. The summed E-state index contributed by atoms with van der Waals surface area (Å²) in [4.78, 5) is 9.25. The molecule has 6 nitrogen and oxygen atoms in total. The second-order valence-electron chi connectivity index (χ2n) is 9.17. The Morgan fingerprint density at radius 2 is 1.47 bits per heavy atom. The van der Waals surface area contributed by atoms with Gasteiger partial charge in [0, 0.05) is 56.6 Å². The number of hydrogen-bond donors (Lipinski definition) is 0. The number of anilines is 4. The van der Waals surface area contributed by atoms with E-state index in [2.05, 4.69) is 39.0 Å². The molecule has 0 saturated heterocycles. The Morgan fingerprint density at radius 1 is 0.816 bits per heavy atom. The molecule has 1 atom stereocenters. The predicted molar refractivity (Wildman–Crippen MR) is 147 cm³/mol. The molecule has 1 unspecified atom stereocenters. The SMILES string of the molecule is CN1CN(c2[c-]c(Oc3[c-]c(N4[CH-]N(C)c5ccccc54)ccc3)ccc2)C2=C1S(=O)c1ccccc12.[Pt]. The van der Waals surface area contributed by atoms with Crippen molar-refractivity contribution in [3.8, 4) is 11.5 Å². The largest absolute Gasteiger partial charge is 0.509 e. The molecule has 0 bridgehead atoms. The van der Waals surface area contributed by atoms with Crippen molar-refractivity contribution in [2.45, 2.75) is 4.90 Å². The van der Waals surface area contributed by atoms with Crippen LogP contribution in [0.4, 0.5) is 22.7 Å². The van der Waals surface area contributed by atoms with Gasteiger partial charge in [-0.1, -0.05) is 36.0 Å². The molecule has 0 amide bonds. The molecule has 3 aliphatic rings. The summed E-state index contributed by atoms with van der Waals surface area (Å²) in [5, 5.41) is 0.842. The summed E-state index contributed by atoms with van der Waals surface area (Å²) in [6, 6.07) is 34.7. The van der Waals surface area contributed by atoms with E-state index in [1.165, 1.54) is 0 Å². The third-order valence-corrected chi connectivity index (χ3v) is 8.39. The summed E-state index contributed by atoms with van der Waals surface area (Å²) >= 11 is 0. The molecular weight excluding hydrogens is 676 g/mol. The van der Waals surface area contributed by atoms with Gasteiger partial charge < -0.3 is 24.3 Å². The predicted octanol–water partition coefficient (Wildman–Crippen LogP) is 5.94. The van der Waals surface area contributed by atoms with Gasteiger partial charge >= 0.3 is 0 Å². The molecule has 3 aliphatic heterocycles. The van der Waals surface area contributed by atoms with E-state index in [1.54, 1.807) is 0 Å². The van der Waals surface area contributed by atoms with Gasteiger partial charge in [-0.15, -0.1) is 42.1 Å². The molecule has 194 valence electrons. The van der Waals surface area contributed by atoms with Crippen LogP contribution in [-0.2, 0) is 31.9 Å². The Morgan fingerprint density at radius 3 is 2.26 bits per heavy atom. The van der Waals surface area contributed by atoms with Crippen molar-refractivity contribution in [3.05, 3.63) is 114 Å². The van der Waals surface area contributed by atoms with E-state index >= 15 is 0 Å². The zero-order chi connectivity index (χ0) is 25.1. The first kappa shape index (κ1) is 24.8. The van der Waals surface area contributed by atoms with Gasteiger partial charge in [-0.3, -0.25) is 0 Å². The summed E-state index contributed by atoms with van der Waals surface area (Å²) < 4.78 is 19.4. The average molecular weight is 699 g/mol. The van der Waals surface area contributed by atoms with Crippen molar-refractivity contribution in [1.29, 1.82) is 0 Å². The Hall–Kier alpha value is -3.54. The van der Waals surface area contributed by atoms with Gasteiger partial charge in [0.1, 0.15) is 15.8 Å². The van der Waals surface area contributed by atoms with Gasteiger partial charge in [-0.25, -0.2) is 4.21 Å². The first-order valence-corrected chi connectivity index (χ1v) is 13.2. The van der Waals surface area contributed by atoms with Crippen LogP contribution in [0.1, 0.15) is 5.56 Å². The van der Waals surface area contributed by atoms with Crippen LogP contribution in [-0.4, -0.2) is 29.9 Å². The van der Waals surface area contributed by atoms with E-state index < -0.39 is 10.8 Å². The van der Waals surface area contributed by atoms with Crippen molar-refractivity contribution < 1.29 is 30.0 Å². The molecule has 7 rings (SSSR count). The molecule has 8 heteroatoms. The van der Waals surface area contributed by atoms with Crippen LogP contribution in [0.5, 0.6) is 11.5 Å². The Kier molecular flexibility index (Phi) is 6.29. The van der Waals surface area contributed by atoms with Crippen molar-refractivity contribution in [3.63, 3.8) is 0 Å². The fourth-order valence-electron chi connectivity index (χ4n) is 5.12. The number of nitrogens with zero attached hydrogens (tertiary/aromatic N) is 4. The molecule has 0 saturated carbocycles. The van der Waals surface area contributed by atoms with Crippen LogP contribution in [0.2, 0.25) is 0 Å². The average Bonchev–Trinajstić information content (AvgIpc) is 3.55. The van der Waals surface area contributed by atoms with Crippen LogP contribution >= 0.6 is 0 Å². The molecule has 4 aromatic carbocycles. The summed E-state index contributed by atoms with van der Waals surface area (Å²) in [5.74, 6) is 1.20. The molecular formula is C30H23N4O2PtS-3. The quantitative estimate of drug-likeness (QED) is 0.246. The zero-order valence-corrected chi connectivity index (χ0v) is 23.8. The summed E-state index contributed by atoms with van der Waals surface area (Å²) in [5.41, 5.74) is 5.98. The molecule has 0 spiro atoms. The Bertz CT molecular complexity index is 1610. The van der Waals surface area contributed by atoms with Crippen LogP contribution in [0.25, 0.3) is 5.70 Å². The van der Waals surface area contributed by atoms with E-state index in [0.29, 0.717) is 18.2 Å². The van der Waals surface area contributed by atoms with E-state index in [1.807, 2.05) is 98.5 Å². The number of benzene rings is 4. The number of para-hydroxylation sites is 2. The molecule has 4 aromatic rings. The van der Waals surface area contributed by atoms with Gasteiger partial charge in [0.25, 0.3) is 0 Å². The summed E-state index contributed by atoms with van der Waals surface area (Å²) in [6.07, 6.45) is 0. The molecule has 0 N–H and O–H groups in total. The van der Waals surface area contributed by atoms with Gasteiger partial charge in [0.2, 0.25) is 0 Å². The van der Waals surface area contributed by atoms with Gasteiger partial charge in [-0.2, -0.15) is 18.8 Å². The number of rotatable bonds is 4. The number of ether oxygens (including phenoxy) is 1. The van der Waals surface area contributed by atoms with E-state index in [-0.39, 0.29) is 21.1 Å². The van der Waals surface area contributed by atoms with Crippen molar-refractivity contribution in [2.75, 3.05) is 35.5 Å². The molecule has 0 aliphatic carbocycles. The standard InChI is InChI=1S/C30H23N4O2S.Pt/c1-31-19-33(27-15-5-4-14-26(27)31)21-9-7-11-23(17-21)36-24-12-8-10-22(18-24)34-20-32(2)30-29(34)25-13-3-6-16-28(25)37(30)35;/h3-16,19H,20H2,1-2H3;/q-3;. The van der Waals surface area contributed by atoms with Crippen LogP contribution in [0.15, 0.2) is 94.9 Å². The summed E-state index contributed by atoms with van der Waals surface area (Å²) in [6.45, 7) is 2.65. The third kappa shape index (κ3) is 3.93. The first-order chi connectivity index (χ1) is 18.1. The maximum absolute atomic E-state index is 13.1. The summed E-state index contributed by atoms with van der Waals surface area (Å²) in [7, 11) is 2.83. The smallest absolute Gasteiger partial charge is 0.133 e. The normalized spacial score (nSPS) is 17.4. The van der Waals surface area contributed by atoms with Crippen LogP contribution < -0.4 is 19.4 Å². The van der Waals surface area contributed by atoms with Crippen molar-refractivity contribution in [1.82, 2.24) is 4.90 Å². The Labute approximate surface area is 239 Å². The van der Waals surface area contributed by atoms with Crippen molar-refractivity contribution >= 4 is 39.2 Å². The van der Waals surface area contributed by atoms with Gasteiger partial charge in [-0.05, 0) is 25.2 Å². The van der Waals surface area contributed by atoms with Crippen LogP contribution in [0.3, 0.4) is 0 Å². The molecule has 3 heterocycles. The fraction of sp³-hybridized carbons (Fsp3) is 0.100. The van der Waals surface area contributed by atoms with Crippen LogP contribution in [0, 0.1) is 18.8 Å². The second-order valence-corrected chi connectivity index (χ2v) is 10.5. The molecule has 0 aromatic heterocycles. The van der Waals surface area contributed by atoms with Gasteiger partial charge in [0.15, 0.2) is 0 Å². The molecule has 0 radical (unpaired) electrons. The fourth-order valence-corrected chi connectivity index (χ4v) is 6.63. The van der Waals surface area contributed by atoms with E-state index in [4.69, 9.17) is 4.74 Å². The minimum atomic E-state index is -1.18. The third-order valence-electron chi connectivity index (χ3n) is 6.78. The molecule has 0 fully saturated rings. The number of hydrogen-bond acceptors (Lipinski definition) is 6. The van der Waals surface area contributed by atoms with Gasteiger partial charge in [0.05, 0.1) is 17.3 Å². The van der Waals surface area contributed by atoms with E-state index in [0.717, 1.165) is 43.9 Å². The maximum atomic E-state index is 13.1. The first-order valence-electron chi connectivity index (χ1n) is 12.0. The Balaban J connectivity index is 0.00000264. The molecule has 38 heavy (non-hydrogen) atoms. The minimum Gasteiger partial charge on any atom is -0.509 e. The monoisotopic (exact) mass is 698 g/mol.